The third-order valence-corrected chi connectivity index (χ3v) is 3.32. The van der Waals surface area contributed by atoms with Gasteiger partial charge < -0.3 is 11.1 Å². The molecule has 2 rings (SSSR count). The van der Waals surface area contributed by atoms with Crippen LogP contribution < -0.4 is 11.1 Å². The monoisotopic (exact) mass is 303 g/mol. The summed E-state index contributed by atoms with van der Waals surface area (Å²) in [5, 5.41) is 3.32. The summed E-state index contributed by atoms with van der Waals surface area (Å²) < 4.78 is 12.9. The molecule has 3 nitrogen and oxygen atoms in total. The Morgan fingerprint density at radius 1 is 1.33 bits per heavy atom. The summed E-state index contributed by atoms with van der Waals surface area (Å²) in [7, 11) is 0. The smallest absolute Gasteiger partial charge is 0.127 e. The van der Waals surface area contributed by atoms with E-state index in [1.807, 2.05) is 26.0 Å². The average Bonchev–Trinajstić information content (AvgIpc) is 2.40. The topological polar surface area (TPSA) is 50.9 Å². The molecule has 0 aliphatic carbocycles. The molecule has 1 unspecified atom stereocenters. The van der Waals surface area contributed by atoms with Crippen LogP contribution >= 0.6 is 12.2 Å². The van der Waals surface area contributed by atoms with E-state index in [0.29, 0.717) is 4.99 Å². The van der Waals surface area contributed by atoms with Gasteiger partial charge in [0.25, 0.3) is 0 Å². The van der Waals surface area contributed by atoms with Crippen molar-refractivity contribution in [1.82, 2.24) is 4.98 Å². The number of halogens is 1. The van der Waals surface area contributed by atoms with E-state index >= 15 is 0 Å². The van der Waals surface area contributed by atoms with Crippen LogP contribution in [0.3, 0.4) is 0 Å². The van der Waals surface area contributed by atoms with E-state index in [2.05, 4.69) is 10.3 Å². The molecule has 0 bridgehead atoms. The second-order valence-electron chi connectivity index (χ2n) is 5.12. The van der Waals surface area contributed by atoms with Crippen LogP contribution in [0.1, 0.15) is 23.7 Å². The fraction of sp³-hybridized carbons (Fsp3) is 0.250. The number of nitrogens with two attached hydrogens (primary N) is 1. The number of anilines is 1. The lowest BCUT2D eigenvalue weighted by Gasteiger charge is -2.16. The molecule has 110 valence electrons. The number of nitrogens with one attached hydrogen (secondary N) is 1. The van der Waals surface area contributed by atoms with Gasteiger partial charge in [-0.25, -0.2) is 9.37 Å². The molecule has 0 spiro atoms. The van der Waals surface area contributed by atoms with Gasteiger partial charge >= 0.3 is 0 Å². The summed E-state index contributed by atoms with van der Waals surface area (Å²) in [6, 6.07) is 10.4. The molecule has 0 aliphatic rings. The molecule has 3 N–H and O–H groups in total. The molecule has 1 heterocycles. The van der Waals surface area contributed by atoms with Crippen LogP contribution in [0.25, 0.3) is 0 Å². The molecule has 1 aromatic heterocycles. The highest BCUT2D eigenvalue weighted by molar-refractivity contribution is 7.80. The Balaban J connectivity index is 2.07. The lowest BCUT2D eigenvalue weighted by atomic mass is 10.1. The summed E-state index contributed by atoms with van der Waals surface area (Å²) in [4.78, 5) is 4.78. The zero-order valence-corrected chi connectivity index (χ0v) is 12.9. The number of aromatic nitrogens is 1. The number of hydrogen-bond donors (Lipinski definition) is 2. The van der Waals surface area contributed by atoms with Gasteiger partial charge in [0.2, 0.25) is 0 Å². The quantitative estimate of drug-likeness (QED) is 0.833. The lowest BCUT2D eigenvalue weighted by molar-refractivity contribution is 0.626. The highest BCUT2D eigenvalue weighted by Gasteiger charge is 2.07. The van der Waals surface area contributed by atoms with Gasteiger partial charge in [0.15, 0.2) is 0 Å². The minimum atomic E-state index is -0.221. The zero-order valence-electron chi connectivity index (χ0n) is 12.1. The molecule has 1 aromatic carbocycles. The highest BCUT2D eigenvalue weighted by Crippen LogP contribution is 2.13. The van der Waals surface area contributed by atoms with Crippen molar-refractivity contribution in [3.63, 3.8) is 0 Å². The first-order valence-corrected chi connectivity index (χ1v) is 7.14. The largest absolute Gasteiger partial charge is 0.389 e. The van der Waals surface area contributed by atoms with Gasteiger partial charge in [0.1, 0.15) is 16.6 Å². The third-order valence-electron chi connectivity index (χ3n) is 3.09. The van der Waals surface area contributed by atoms with E-state index in [4.69, 9.17) is 18.0 Å². The normalized spacial score (nSPS) is 12.0. The maximum atomic E-state index is 12.9. The maximum Gasteiger partial charge on any atom is 0.127 e. The van der Waals surface area contributed by atoms with Crippen molar-refractivity contribution in [2.75, 3.05) is 5.32 Å². The zero-order chi connectivity index (χ0) is 15.4. The van der Waals surface area contributed by atoms with Gasteiger partial charge in [-0.3, -0.25) is 0 Å². The first kappa shape index (κ1) is 15.4. The second kappa shape index (κ2) is 6.63. The first-order valence-electron chi connectivity index (χ1n) is 6.73. The summed E-state index contributed by atoms with van der Waals surface area (Å²) in [6.07, 6.45) is 0.776. The van der Waals surface area contributed by atoms with Crippen LogP contribution in [0.15, 0.2) is 36.4 Å². The van der Waals surface area contributed by atoms with Gasteiger partial charge in [0.05, 0.1) is 0 Å². The molecule has 0 saturated heterocycles. The van der Waals surface area contributed by atoms with Crippen LogP contribution in [0.2, 0.25) is 0 Å². The summed E-state index contributed by atoms with van der Waals surface area (Å²) in [5.74, 6) is 0.522. The van der Waals surface area contributed by atoms with E-state index in [0.717, 1.165) is 29.1 Å². The minimum Gasteiger partial charge on any atom is -0.389 e. The van der Waals surface area contributed by atoms with E-state index in [1.165, 1.54) is 12.1 Å². The molecular weight excluding hydrogens is 285 g/mol. The Kier molecular flexibility index (Phi) is 4.85. The van der Waals surface area contributed by atoms with E-state index in [9.17, 15) is 4.39 Å². The standard InChI is InChI=1S/C16H18FN3S/c1-10(7-12-3-5-14(17)6-4-12)19-15-9-13(16(18)21)8-11(2)20-15/h3-6,8-10H,7H2,1-2H3,(H2,18,21)(H,19,20). The van der Waals surface area contributed by atoms with Gasteiger partial charge in [-0.2, -0.15) is 0 Å². The predicted molar refractivity (Wildman–Crippen MR) is 88.1 cm³/mol. The van der Waals surface area contributed by atoms with Crippen molar-refractivity contribution in [2.24, 2.45) is 5.73 Å². The Hall–Kier alpha value is -2.01. The third kappa shape index (κ3) is 4.49. The average molecular weight is 303 g/mol. The predicted octanol–water partition coefficient (Wildman–Crippen LogP) is 3.21. The molecule has 0 fully saturated rings. The summed E-state index contributed by atoms with van der Waals surface area (Å²) in [5.41, 5.74) is 8.39. The molecule has 2 aromatic rings. The fourth-order valence-electron chi connectivity index (χ4n) is 2.16. The van der Waals surface area contributed by atoms with Crippen molar-refractivity contribution >= 4 is 23.0 Å². The van der Waals surface area contributed by atoms with E-state index < -0.39 is 0 Å². The van der Waals surface area contributed by atoms with E-state index in [1.54, 1.807) is 12.1 Å². The number of aryl methyl sites for hydroxylation is 1. The van der Waals surface area contributed by atoms with Gasteiger partial charge in [-0.1, -0.05) is 24.4 Å². The molecule has 0 radical (unpaired) electrons. The highest BCUT2D eigenvalue weighted by atomic mass is 32.1. The molecular formula is C16H18FN3S. The van der Waals surface area contributed by atoms with Gasteiger partial charge in [-0.15, -0.1) is 0 Å². The number of pyridine rings is 1. The Labute approximate surface area is 129 Å². The number of rotatable bonds is 5. The van der Waals surface area contributed by atoms with Crippen LogP contribution in [0.4, 0.5) is 10.2 Å². The molecule has 0 amide bonds. The summed E-state index contributed by atoms with van der Waals surface area (Å²) in [6.45, 7) is 3.95. The fourth-order valence-corrected chi connectivity index (χ4v) is 2.28. The van der Waals surface area contributed by atoms with Crippen molar-refractivity contribution in [2.45, 2.75) is 26.3 Å². The Bertz CT molecular complexity index is 640. The van der Waals surface area contributed by atoms with E-state index in [-0.39, 0.29) is 11.9 Å². The van der Waals surface area contributed by atoms with Crippen LogP contribution in [0.5, 0.6) is 0 Å². The van der Waals surface area contributed by atoms with Crippen molar-refractivity contribution in [3.8, 4) is 0 Å². The van der Waals surface area contributed by atoms with Crippen LogP contribution in [-0.2, 0) is 6.42 Å². The summed E-state index contributed by atoms with van der Waals surface area (Å²) >= 11 is 5.00. The van der Waals surface area contributed by atoms with Crippen molar-refractivity contribution < 1.29 is 4.39 Å². The molecule has 1 atom stereocenters. The second-order valence-corrected chi connectivity index (χ2v) is 5.56. The SMILES string of the molecule is Cc1cc(C(N)=S)cc(NC(C)Cc2ccc(F)cc2)n1. The lowest BCUT2D eigenvalue weighted by Crippen LogP contribution is -2.20. The minimum absolute atomic E-state index is 0.156. The van der Waals surface area contributed by atoms with Gasteiger partial charge in [-0.05, 0) is 50.1 Å². The number of nitrogens with zero attached hydrogens (tertiary/aromatic N) is 1. The number of hydrogen-bond acceptors (Lipinski definition) is 3. The van der Waals surface area contributed by atoms with Gasteiger partial charge in [0, 0.05) is 17.3 Å². The molecule has 21 heavy (non-hydrogen) atoms. The Morgan fingerprint density at radius 3 is 2.62 bits per heavy atom. The number of thiocarbonyl (C=S) groups is 1. The first-order chi connectivity index (χ1) is 9.94. The molecule has 0 saturated carbocycles. The van der Waals surface area contributed by atoms with Crippen LogP contribution in [0, 0.1) is 12.7 Å². The van der Waals surface area contributed by atoms with Crippen molar-refractivity contribution in [1.29, 1.82) is 0 Å². The van der Waals surface area contributed by atoms with Crippen molar-refractivity contribution in [3.05, 3.63) is 59.0 Å². The maximum absolute atomic E-state index is 12.9. The Morgan fingerprint density at radius 2 is 2.00 bits per heavy atom. The number of benzene rings is 1. The molecule has 5 heteroatoms. The molecule has 0 aliphatic heterocycles. The van der Waals surface area contributed by atoms with Crippen LogP contribution in [-0.4, -0.2) is 16.0 Å².